The maximum atomic E-state index is 13.0. The number of amides is 1. The summed E-state index contributed by atoms with van der Waals surface area (Å²) >= 11 is 0. The molecule has 1 N–H and O–H groups in total. The lowest BCUT2D eigenvalue weighted by molar-refractivity contribution is -0.188. The van der Waals surface area contributed by atoms with E-state index in [4.69, 9.17) is 14.6 Å². The summed E-state index contributed by atoms with van der Waals surface area (Å²) in [5, 5.41) is 9.01. The van der Waals surface area contributed by atoms with Crippen LogP contribution in [0.4, 0.5) is 13.2 Å². The van der Waals surface area contributed by atoms with Crippen LogP contribution < -0.4 is 9.47 Å². The summed E-state index contributed by atoms with van der Waals surface area (Å²) in [6, 6.07) is 4.77. The van der Waals surface area contributed by atoms with Crippen molar-refractivity contribution < 1.29 is 37.3 Å². The van der Waals surface area contributed by atoms with Crippen molar-refractivity contribution in [1.82, 2.24) is 4.90 Å². The molecule has 1 amide bonds. The van der Waals surface area contributed by atoms with Gasteiger partial charge in [-0.25, -0.2) is 0 Å². The molecule has 0 aliphatic carbocycles. The number of aliphatic carboxylic acids is 1. The van der Waals surface area contributed by atoms with Crippen LogP contribution in [-0.2, 0) is 16.0 Å². The standard InChI is InChI=1S/C16H18F3NO5/c1-24-10-3-4-13(25-2)9(5-10)6-14(21)20-7-11(15(22)23)12(8-20)16(17,18)19/h3-5,11-12H,6-8H2,1-2H3,(H,22,23)/t11-,12-/m1/s1. The van der Waals surface area contributed by atoms with E-state index < -0.39 is 43.0 Å². The molecule has 1 aliphatic rings. The highest BCUT2D eigenvalue weighted by molar-refractivity contribution is 5.81. The largest absolute Gasteiger partial charge is 0.497 e. The number of carboxylic acids is 1. The van der Waals surface area contributed by atoms with E-state index in [-0.39, 0.29) is 6.42 Å². The van der Waals surface area contributed by atoms with E-state index in [1.54, 1.807) is 18.2 Å². The quantitative estimate of drug-likeness (QED) is 0.868. The van der Waals surface area contributed by atoms with Gasteiger partial charge in [0.25, 0.3) is 0 Å². The Bertz CT molecular complexity index is 662. The number of hydrogen-bond acceptors (Lipinski definition) is 4. The third-order valence-electron chi connectivity index (χ3n) is 4.24. The Morgan fingerprint density at radius 1 is 1.24 bits per heavy atom. The Morgan fingerprint density at radius 2 is 1.92 bits per heavy atom. The number of nitrogens with zero attached hydrogens (tertiary/aromatic N) is 1. The van der Waals surface area contributed by atoms with Gasteiger partial charge in [0.1, 0.15) is 11.5 Å². The number of carbonyl (C=O) groups is 2. The zero-order valence-electron chi connectivity index (χ0n) is 13.7. The van der Waals surface area contributed by atoms with Gasteiger partial charge in [-0.2, -0.15) is 13.2 Å². The normalized spacial score (nSPS) is 20.4. The summed E-state index contributed by atoms with van der Waals surface area (Å²) in [6.45, 7) is -1.13. The van der Waals surface area contributed by atoms with Gasteiger partial charge in [0.05, 0.1) is 32.5 Å². The first-order chi connectivity index (χ1) is 11.7. The third-order valence-corrected chi connectivity index (χ3v) is 4.24. The molecule has 0 unspecified atom stereocenters. The zero-order chi connectivity index (χ0) is 18.8. The highest BCUT2D eigenvalue weighted by Crippen LogP contribution is 2.38. The molecule has 2 atom stereocenters. The summed E-state index contributed by atoms with van der Waals surface area (Å²) in [4.78, 5) is 24.4. The monoisotopic (exact) mass is 361 g/mol. The number of benzene rings is 1. The molecule has 0 bridgehead atoms. The molecule has 1 saturated heterocycles. The fourth-order valence-electron chi connectivity index (χ4n) is 2.88. The highest BCUT2D eigenvalue weighted by atomic mass is 19.4. The molecule has 0 saturated carbocycles. The first-order valence-corrected chi connectivity index (χ1v) is 7.45. The van der Waals surface area contributed by atoms with Crippen LogP contribution >= 0.6 is 0 Å². The third kappa shape index (κ3) is 4.15. The van der Waals surface area contributed by atoms with Crippen molar-refractivity contribution in [3.63, 3.8) is 0 Å². The summed E-state index contributed by atoms with van der Waals surface area (Å²) in [5.41, 5.74) is 0.453. The van der Waals surface area contributed by atoms with Crippen molar-refractivity contribution in [1.29, 1.82) is 0 Å². The Labute approximate surface area is 142 Å². The van der Waals surface area contributed by atoms with E-state index in [0.717, 1.165) is 4.90 Å². The zero-order valence-corrected chi connectivity index (χ0v) is 13.7. The average Bonchev–Trinajstić information content (AvgIpc) is 3.00. The molecular formula is C16H18F3NO5. The Balaban J connectivity index is 2.18. The number of methoxy groups -OCH3 is 2. The Morgan fingerprint density at radius 3 is 2.40 bits per heavy atom. The van der Waals surface area contributed by atoms with Crippen molar-refractivity contribution in [3.05, 3.63) is 23.8 Å². The van der Waals surface area contributed by atoms with Crippen LogP contribution in [-0.4, -0.2) is 55.4 Å². The van der Waals surface area contributed by atoms with Crippen LogP contribution in [0.25, 0.3) is 0 Å². The number of rotatable bonds is 5. The molecule has 1 heterocycles. The second kappa shape index (κ2) is 7.20. The van der Waals surface area contributed by atoms with Crippen LogP contribution in [0.1, 0.15) is 5.56 Å². The maximum absolute atomic E-state index is 13.0. The van der Waals surface area contributed by atoms with E-state index in [1.165, 1.54) is 14.2 Å². The van der Waals surface area contributed by atoms with Crippen molar-refractivity contribution >= 4 is 11.9 Å². The fourth-order valence-corrected chi connectivity index (χ4v) is 2.88. The molecule has 6 nitrogen and oxygen atoms in total. The number of alkyl halides is 3. The van der Waals surface area contributed by atoms with Gasteiger partial charge >= 0.3 is 12.1 Å². The molecule has 25 heavy (non-hydrogen) atoms. The highest BCUT2D eigenvalue weighted by Gasteiger charge is 2.53. The minimum Gasteiger partial charge on any atom is -0.497 e. The van der Waals surface area contributed by atoms with Gasteiger partial charge in [0.15, 0.2) is 0 Å². The molecule has 1 aliphatic heterocycles. The average molecular weight is 361 g/mol. The SMILES string of the molecule is COc1ccc(OC)c(CC(=O)N2C[C@@H](C(F)(F)F)[C@H](C(=O)O)C2)c1. The van der Waals surface area contributed by atoms with Crippen molar-refractivity contribution in [3.8, 4) is 11.5 Å². The molecule has 9 heteroatoms. The number of carboxylic acid groups (broad SMARTS) is 1. The molecule has 0 radical (unpaired) electrons. The molecule has 0 aromatic heterocycles. The van der Waals surface area contributed by atoms with Crippen molar-refractivity contribution in [2.45, 2.75) is 12.6 Å². The number of carbonyl (C=O) groups excluding carboxylic acids is 1. The van der Waals surface area contributed by atoms with E-state index in [0.29, 0.717) is 17.1 Å². The Kier molecular flexibility index (Phi) is 5.44. The predicted molar refractivity (Wildman–Crippen MR) is 80.5 cm³/mol. The molecule has 138 valence electrons. The first-order valence-electron chi connectivity index (χ1n) is 7.45. The maximum Gasteiger partial charge on any atom is 0.394 e. The Hall–Kier alpha value is -2.45. The first kappa shape index (κ1) is 18.9. The van der Waals surface area contributed by atoms with Gasteiger partial charge in [-0.15, -0.1) is 0 Å². The van der Waals surface area contributed by atoms with Gasteiger partial charge in [-0.1, -0.05) is 0 Å². The number of halogens is 3. The minimum atomic E-state index is -4.67. The van der Waals surface area contributed by atoms with E-state index >= 15 is 0 Å². The lowest BCUT2D eigenvalue weighted by atomic mass is 9.96. The second-order valence-corrected chi connectivity index (χ2v) is 5.75. The summed E-state index contributed by atoms with van der Waals surface area (Å²) in [5.74, 6) is -5.00. The van der Waals surface area contributed by atoms with Crippen LogP contribution in [0, 0.1) is 11.8 Å². The van der Waals surface area contributed by atoms with Gasteiger partial charge in [0, 0.05) is 18.7 Å². The number of ether oxygens (including phenoxy) is 2. The van der Waals surface area contributed by atoms with E-state index in [9.17, 15) is 22.8 Å². The van der Waals surface area contributed by atoms with Gasteiger partial charge in [0.2, 0.25) is 5.91 Å². The van der Waals surface area contributed by atoms with E-state index in [1.807, 2.05) is 0 Å². The molecule has 1 aromatic carbocycles. The topological polar surface area (TPSA) is 76.1 Å². The predicted octanol–water partition coefficient (Wildman–Crippen LogP) is 1.97. The van der Waals surface area contributed by atoms with Gasteiger partial charge in [-0.3, -0.25) is 9.59 Å². The number of likely N-dealkylation sites (tertiary alicyclic amines) is 1. The lowest BCUT2D eigenvalue weighted by Gasteiger charge is -2.19. The van der Waals surface area contributed by atoms with Crippen molar-refractivity contribution in [2.75, 3.05) is 27.3 Å². The number of hydrogen-bond donors (Lipinski definition) is 1. The lowest BCUT2D eigenvalue weighted by Crippen LogP contribution is -2.34. The van der Waals surface area contributed by atoms with Gasteiger partial charge in [-0.05, 0) is 18.2 Å². The summed E-state index contributed by atoms with van der Waals surface area (Å²) in [6.07, 6.45) is -4.89. The molecule has 2 rings (SSSR count). The second-order valence-electron chi connectivity index (χ2n) is 5.75. The van der Waals surface area contributed by atoms with Gasteiger partial charge < -0.3 is 19.5 Å². The molecular weight excluding hydrogens is 343 g/mol. The summed E-state index contributed by atoms with van der Waals surface area (Å²) < 4.78 is 49.3. The van der Waals surface area contributed by atoms with Crippen LogP contribution in [0.3, 0.4) is 0 Å². The molecule has 0 spiro atoms. The minimum absolute atomic E-state index is 0.211. The van der Waals surface area contributed by atoms with Crippen LogP contribution in [0.15, 0.2) is 18.2 Å². The smallest absolute Gasteiger partial charge is 0.394 e. The molecule has 1 aromatic rings. The summed E-state index contributed by atoms with van der Waals surface area (Å²) in [7, 11) is 2.85. The van der Waals surface area contributed by atoms with E-state index in [2.05, 4.69) is 0 Å². The van der Waals surface area contributed by atoms with Crippen molar-refractivity contribution in [2.24, 2.45) is 11.8 Å². The van der Waals surface area contributed by atoms with Crippen LogP contribution in [0.5, 0.6) is 11.5 Å². The fraction of sp³-hybridized carbons (Fsp3) is 0.500. The molecule has 1 fully saturated rings. The van der Waals surface area contributed by atoms with Crippen LogP contribution in [0.2, 0.25) is 0 Å².